The number of fused-ring (bicyclic) bond motifs is 1. The summed E-state index contributed by atoms with van der Waals surface area (Å²) in [6, 6.07) is 8.27. The number of thioether (sulfide) groups is 1. The van der Waals surface area contributed by atoms with Gasteiger partial charge in [0.15, 0.2) is 9.84 Å². The van der Waals surface area contributed by atoms with Crippen molar-refractivity contribution in [2.75, 3.05) is 17.7 Å². The third-order valence-electron chi connectivity index (χ3n) is 5.88. The van der Waals surface area contributed by atoms with Gasteiger partial charge in [-0.1, -0.05) is 12.1 Å². The summed E-state index contributed by atoms with van der Waals surface area (Å²) >= 11 is 1.65. The van der Waals surface area contributed by atoms with E-state index in [0.29, 0.717) is 6.42 Å². The van der Waals surface area contributed by atoms with Crippen LogP contribution in [0.5, 0.6) is 0 Å². The standard InChI is InChI=1S/C19H23N3O3S2/c23-8-7-13-10-26-19(20-13)16-9-12-3-1-5-15-18(12)22(16)11-27(24,25)17-6-2-4-14(17)21-15/h1,3,5,9,13-14,17,21,23H,2,4,6-8,10-11H2. The Kier molecular flexibility index (Phi) is 4.25. The van der Waals surface area contributed by atoms with E-state index in [-0.39, 0.29) is 29.8 Å². The number of aliphatic hydroxyl groups is 1. The van der Waals surface area contributed by atoms with Crippen LogP contribution in [0.3, 0.4) is 0 Å². The molecule has 2 aliphatic heterocycles. The Labute approximate surface area is 163 Å². The number of hydrogen-bond donors (Lipinski definition) is 2. The minimum absolute atomic E-state index is 0.000157. The van der Waals surface area contributed by atoms with Crippen LogP contribution >= 0.6 is 11.8 Å². The SMILES string of the molecule is O=S1(=O)Cn2c(C3=NC(CCO)CS3)cc3cccc(c32)NC2CCCC21. The van der Waals surface area contributed by atoms with E-state index in [4.69, 9.17) is 4.99 Å². The molecule has 2 N–H and O–H groups in total. The number of benzene rings is 1. The zero-order valence-electron chi connectivity index (χ0n) is 15.0. The summed E-state index contributed by atoms with van der Waals surface area (Å²) in [4.78, 5) is 4.76. The highest BCUT2D eigenvalue weighted by atomic mass is 32.2. The van der Waals surface area contributed by atoms with Gasteiger partial charge in [-0.15, -0.1) is 11.8 Å². The van der Waals surface area contributed by atoms with E-state index in [0.717, 1.165) is 52.3 Å². The zero-order valence-corrected chi connectivity index (χ0v) is 16.6. The maximum atomic E-state index is 13.2. The minimum atomic E-state index is -3.26. The Morgan fingerprint density at radius 1 is 1.33 bits per heavy atom. The number of para-hydroxylation sites is 1. The molecule has 144 valence electrons. The van der Waals surface area contributed by atoms with Crippen LogP contribution in [0.2, 0.25) is 0 Å². The van der Waals surface area contributed by atoms with Crippen LogP contribution in [-0.2, 0) is 15.7 Å². The number of nitrogens with zero attached hydrogens (tertiary/aromatic N) is 2. The van der Waals surface area contributed by atoms with Crippen LogP contribution < -0.4 is 5.32 Å². The van der Waals surface area contributed by atoms with Crippen molar-refractivity contribution >= 4 is 43.2 Å². The number of aliphatic imine (C=N–C) groups is 1. The second kappa shape index (κ2) is 6.53. The summed E-state index contributed by atoms with van der Waals surface area (Å²) < 4.78 is 28.3. The lowest BCUT2D eigenvalue weighted by molar-refractivity contribution is 0.280. The number of nitrogens with one attached hydrogen (secondary N) is 1. The third kappa shape index (κ3) is 2.89. The lowest BCUT2D eigenvalue weighted by Gasteiger charge is -2.27. The molecule has 2 aromatic rings. The van der Waals surface area contributed by atoms with Crippen LogP contribution in [0.1, 0.15) is 31.4 Å². The van der Waals surface area contributed by atoms with Gasteiger partial charge < -0.3 is 15.0 Å². The maximum Gasteiger partial charge on any atom is 0.173 e. The van der Waals surface area contributed by atoms with Crippen molar-refractivity contribution in [2.45, 2.75) is 48.9 Å². The molecule has 3 unspecified atom stereocenters. The molecule has 6 nitrogen and oxygen atoms in total. The Balaban J connectivity index is 1.68. The molecule has 8 heteroatoms. The third-order valence-corrected chi connectivity index (χ3v) is 9.12. The highest BCUT2D eigenvalue weighted by Gasteiger charge is 2.40. The summed E-state index contributed by atoms with van der Waals surface area (Å²) in [6.45, 7) is 0.122. The van der Waals surface area contributed by atoms with Gasteiger partial charge in [0.05, 0.1) is 28.2 Å². The molecule has 3 aliphatic rings. The average Bonchev–Trinajstić information content (AvgIpc) is 3.33. The minimum Gasteiger partial charge on any atom is -0.396 e. The molecular weight excluding hydrogens is 382 g/mol. The first-order valence-corrected chi connectivity index (χ1v) is 12.2. The molecule has 1 saturated carbocycles. The van der Waals surface area contributed by atoms with E-state index in [9.17, 15) is 13.5 Å². The van der Waals surface area contributed by atoms with Gasteiger partial charge in [-0.25, -0.2) is 8.42 Å². The molecule has 0 saturated heterocycles. The molecule has 3 heterocycles. The molecule has 27 heavy (non-hydrogen) atoms. The average molecular weight is 406 g/mol. The maximum absolute atomic E-state index is 13.2. The van der Waals surface area contributed by atoms with Crippen molar-refractivity contribution in [1.82, 2.24) is 4.57 Å². The molecule has 0 radical (unpaired) electrons. The van der Waals surface area contributed by atoms with Crippen LogP contribution in [0, 0.1) is 0 Å². The van der Waals surface area contributed by atoms with Gasteiger partial charge in [0, 0.05) is 23.8 Å². The van der Waals surface area contributed by atoms with Gasteiger partial charge in [0.25, 0.3) is 0 Å². The molecule has 0 spiro atoms. The Bertz CT molecular complexity index is 1030. The predicted octanol–water partition coefficient (Wildman–Crippen LogP) is 2.60. The molecule has 1 aromatic carbocycles. The van der Waals surface area contributed by atoms with Crippen molar-refractivity contribution in [1.29, 1.82) is 0 Å². The molecule has 5 rings (SSSR count). The fourth-order valence-corrected chi connectivity index (χ4v) is 7.78. The molecular formula is C19H23N3O3S2. The van der Waals surface area contributed by atoms with Crippen molar-refractivity contribution in [3.63, 3.8) is 0 Å². The smallest absolute Gasteiger partial charge is 0.173 e. The van der Waals surface area contributed by atoms with Crippen LogP contribution in [0.15, 0.2) is 29.3 Å². The molecule has 0 bridgehead atoms. The second-order valence-corrected chi connectivity index (χ2v) is 10.8. The fraction of sp³-hybridized carbons (Fsp3) is 0.526. The highest BCUT2D eigenvalue weighted by Crippen LogP contribution is 2.38. The van der Waals surface area contributed by atoms with Crippen LogP contribution in [-0.4, -0.2) is 52.8 Å². The molecule has 0 amide bonds. The second-order valence-electron chi connectivity index (χ2n) is 7.62. The summed E-state index contributed by atoms with van der Waals surface area (Å²) in [6.07, 6.45) is 3.23. The number of sulfone groups is 1. The van der Waals surface area contributed by atoms with Crippen molar-refractivity contribution in [3.05, 3.63) is 30.0 Å². The van der Waals surface area contributed by atoms with Gasteiger partial charge in [0.2, 0.25) is 0 Å². The van der Waals surface area contributed by atoms with E-state index in [1.165, 1.54) is 0 Å². The van der Waals surface area contributed by atoms with E-state index in [1.54, 1.807) is 11.8 Å². The number of aromatic nitrogens is 1. The van der Waals surface area contributed by atoms with E-state index in [1.807, 2.05) is 22.8 Å². The van der Waals surface area contributed by atoms with Crippen molar-refractivity contribution in [2.24, 2.45) is 4.99 Å². The van der Waals surface area contributed by atoms with Crippen molar-refractivity contribution < 1.29 is 13.5 Å². The number of hydrogen-bond acceptors (Lipinski definition) is 6. The molecule has 3 atom stereocenters. The summed E-state index contributed by atoms with van der Waals surface area (Å²) in [7, 11) is -3.26. The highest BCUT2D eigenvalue weighted by molar-refractivity contribution is 8.14. The fourth-order valence-electron chi connectivity index (χ4n) is 4.60. The first kappa shape index (κ1) is 17.6. The Morgan fingerprint density at radius 2 is 2.22 bits per heavy atom. The first-order chi connectivity index (χ1) is 13.1. The monoisotopic (exact) mass is 405 g/mol. The van der Waals surface area contributed by atoms with Gasteiger partial charge >= 0.3 is 0 Å². The zero-order chi connectivity index (χ0) is 18.6. The van der Waals surface area contributed by atoms with Gasteiger partial charge in [-0.2, -0.15) is 0 Å². The van der Waals surface area contributed by atoms with E-state index < -0.39 is 9.84 Å². The largest absolute Gasteiger partial charge is 0.396 e. The molecule has 1 aliphatic carbocycles. The number of aliphatic hydroxyl groups excluding tert-OH is 1. The summed E-state index contributed by atoms with van der Waals surface area (Å²) in [5, 5.41) is 14.3. The number of anilines is 1. The topological polar surface area (TPSA) is 83.7 Å². The summed E-state index contributed by atoms with van der Waals surface area (Å²) in [5.74, 6) is 0.843. The lowest BCUT2D eigenvalue weighted by Crippen LogP contribution is -2.38. The Morgan fingerprint density at radius 3 is 3.07 bits per heavy atom. The van der Waals surface area contributed by atoms with Gasteiger partial charge in [-0.3, -0.25) is 4.99 Å². The normalized spacial score (nSPS) is 29.1. The van der Waals surface area contributed by atoms with E-state index in [2.05, 4.69) is 11.4 Å². The molecule has 1 fully saturated rings. The van der Waals surface area contributed by atoms with Crippen LogP contribution in [0.25, 0.3) is 10.9 Å². The number of rotatable bonds is 3. The van der Waals surface area contributed by atoms with Gasteiger partial charge in [-0.05, 0) is 37.8 Å². The predicted molar refractivity (Wildman–Crippen MR) is 110 cm³/mol. The first-order valence-electron chi connectivity index (χ1n) is 9.49. The van der Waals surface area contributed by atoms with Crippen molar-refractivity contribution in [3.8, 4) is 0 Å². The Hall–Kier alpha value is -1.51. The summed E-state index contributed by atoms with van der Waals surface area (Å²) in [5.41, 5.74) is 2.85. The van der Waals surface area contributed by atoms with E-state index >= 15 is 0 Å². The van der Waals surface area contributed by atoms with Gasteiger partial charge in [0.1, 0.15) is 10.9 Å². The lowest BCUT2D eigenvalue weighted by atomic mass is 10.2. The molecule has 1 aromatic heterocycles. The quantitative estimate of drug-likeness (QED) is 0.820. The van der Waals surface area contributed by atoms with Crippen LogP contribution in [0.4, 0.5) is 5.69 Å².